The van der Waals surface area contributed by atoms with Crippen LogP contribution >= 0.6 is 0 Å². The second-order valence-electron chi connectivity index (χ2n) is 6.07. The largest absolute Gasteiger partial charge is 0.496 e. The number of fused-ring (bicyclic) bond motifs is 1. The molecule has 0 spiro atoms. The van der Waals surface area contributed by atoms with Gasteiger partial charge in [0.25, 0.3) is 0 Å². The summed E-state index contributed by atoms with van der Waals surface area (Å²) in [5.41, 5.74) is 1.23. The topological polar surface area (TPSA) is 47.4 Å². The first-order chi connectivity index (χ1) is 12.8. The van der Waals surface area contributed by atoms with Crippen molar-refractivity contribution in [2.75, 3.05) is 14.2 Å². The molecule has 5 nitrogen and oxygen atoms in total. The fourth-order valence-electron chi connectivity index (χ4n) is 2.89. The number of benzene rings is 2. The lowest BCUT2D eigenvalue weighted by atomic mass is 10.2. The number of para-hydroxylation sites is 3. The molecule has 1 aromatic heterocycles. The molecule has 0 aliphatic carbocycles. The number of imidazole rings is 1. The van der Waals surface area contributed by atoms with Gasteiger partial charge < -0.3 is 14.2 Å². The molecule has 2 aromatic carbocycles. The standard InChI is InChI=1S/C19H18F3N3O2/c1-24(11-13-7-3-6-10-16(13)27-2)17(26)12-25-15-9-5-4-8-14(15)23-18(25)19(20,21)22/h3-10H,11-12H2,1-2H3. The fourth-order valence-corrected chi connectivity index (χ4v) is 2.89. The number of methoxy groups -OCH3 is 1. The third kappa shape index (κ3) is 3.89. The van der Waals surface area contributed by atoms with Gasteiger partial charge in [0.1, 0.15) is 12.3 Å². The van der Waals surface area contributed by atoms with Gasteiger partial charge in [0.15, 0.2) is 0 Å². The second kappa shape index (κ2) is 7.30. The first-order valence-corrected chi connectivity index (χ1v) is 8.19. The maximum atomic E-state index is 13.4. The molecule has 0 saturated carbocycles. The minimum atomic E-state index is -4.65. The Balaban J connectivity index is 1.87. The second-order valence-corrected chi connectivity index (χ2v) is 6.07. The van der Waals surface area contributed by atoms with Gasteiger partial charge in [0.2, 0.25) is 11.7 Å². The molecule has 0 aliphatic heterocycles. The Bertz CT molecular complexity index is 966. The van der Waals surface area contributed by atoms with Crippen molar-refractivity contribution in [2.24, 2.45) is 0 Å². The summed E-state index contributed by atoms with van der Waals surface area (Å²) in [5.74, 6) is -0.932. The molecular weight excluding hydrogens is 359 g/mol. The van der Waals surface area contributed by atoms with Crippen molar-refractivity contribution in [3.05, 3.63) is 59.9 Å². The zero-order valence-corrected chi connectivity index (χ0v) is 14.8. The van der Waals surface area contributed by atoms with Crippen LogP contribution in [0.1, 0.15) is 11.4 Å². The van der Waals surface area contributed by atoms with E-state index in [1.807, 2.05) is 0 Å². The van der Waals surface area contributed by atoms with Gasteiger partial charge in [0.05, 0.1) is 18.1 Å². The number of hydrogen-bond donors (Lipinski definition) is 0. The SMILES string of the molecule is COc1ccccc1CN(C)C(=O)Cn1c(C(F)(F)F)nc2ccccc21. The number of alkyl halides is 3. The van der Waals surface area contributed by atoms with Crippen LogP contribution in [0.5, 0.6) is 5.75 Å². The Labute approximate surface area is 154 Å². The number of hydrogen-bond acceptors (Lipinski definition) is 3. The van der Waals surface area contributed by atoms with E-state index < -0.39 is 24.5 Å². The summed E-state index contributed by atoms with van der Waals surface area (Å²) in [6, 6.07) is 13.4. The van der Waals surface area contributed by atoms with Gasteiger partial charge in [-0.1, -0.05) is 30.3 Å². The van der Waals surface area contributed by atoms with E-state index in [-0.39, 0.29) is 17.6 Å². The Kier molecular flexibility index (Phi) is 5.07. The number of aromatic nitrogens is 2. The van der Waals surface area contributed by atoms with Crippen LogP contribution in [0.25, 0.3) is 11.0 Å². The highest BCUT2D eigenvalue weighted by molar-refractivity contribution is 5.81. The molecule has 0 saturated heterocycles. The number of ether oxygens (including phenoxy) is 1. The molecule has 0 atom stereocenters. The van der Waals surface area contributed by atoms with Gasteiger partial charge in [-0.3, -0.25) is 4.79 Å². The molecule has 142 valence electrons. The Morgan fingerprint density at radius 3 is 2.52 bits per heavy atom. The molecule has 0 fully saturated rings. The van der Waals surface area contributed by atoms with Crippen LogP contribution < -0.4 is 4.74 Å². The van der Waals surface area contributed by atoms with Crippen LogP contribution in [0.2, 0.25) is 0 Å². The van der Waals surface area contributed by atoms with E-state index in [4.69, 9.17) is 4.74 Å². The smallest absolute Gasteiger partial charge is 0.449 e. The number of halogens is 3. The minimum Gasteiger partial charge on any atom is -0.496 e. The van der Waals surface area contributed by atoms with Crippen molar-refractivity contribution >= 4 is 16.9 Å². The molecule has 3 rings (SSSR count). The number of carbonyl (C=O) groups excluding carboxylic acids is 1. The first kappa shape index (κ1) is 18.8. The fraction of sp³-hybridized carbons (Fsp3) is 0.263. The van der Waals surface area contributed by atoms with Gasteiger partial charge in [-0.2, -0.15) is 13.2 Å². The summed E-state index contributed by atoms with van der Waals surface area (Å²) in [4.78, 5) is 17.6. The Morgan fingerprint density at radius 1 is 1.15 bits per heavy atom. The number of rotatable bonds is 5. The van der Waals surface area contributed by atoms with Crippen LogP contribution in [0.15, 0.2) is 48.5 Å². The lowest BCUT2D eigenvalue weighted by Gasteiger charge is -2.20. The highest BCUT2D eigenvalue weighted by Gasteiger charge is 2.38. The van der Waals surface area contributed by atoms with E-state index in [1.54, 1.807) is 43.4 Å². The zero-order chi connectivity index (χ0) is 19.6. The van der Waals surface area contributed by atoms with E-state index in [9.17, 15) is 18.0 Å². The third-order valence-corrected chi connectivity index (χ3v) is 4.23. The first-order valence-electron chi connectivity index (χ1n) is 8.19. The van der Waals surface area contributed by atoms with Crippen LogP contribution in [0, 0.1) is 0 Å². The Hall–Kier alpha value is -3.03. The van der Waals surface area contributed by atoms with Gasteiger partial charge >= 0.3 is 6.18 Å². The van der Waals surface area contributed by atoms with Crippen LogP contribution in [0.3, 0.4) is 0 Å². The molecule has 0 aliphatic rings. The Morgan fingerprint density at radius 2 is 1.81 bits per heavy atom. The highest BCUT2D eigenvalue weighted by Crippen LogP contribution is 2.31. The van der Waals surface area contributed by atoms with Crippen molar-refractivity contribution in [3.63, 3.8) is 0 Å². The summed E-state index contributed by atoms with van der Waals surface area (Å²) < 4.78 is 46.2. The van der Waals surface area contributed by atoms with E-state index in [2.05, 4.69) is 4.98 Å². The summed E-state index contributed by atoms with van der Waals surface area (Å²) in [7, 11) is 3.06. The summed E-state index contributed by atoms with van der Waals surface area (Å²) >= 11 is 0. The van der Waals surface area contributed by atoms with Crippen LogP contribution in [0.4, 0.5) is 13.2 Å². The van der Waals surface area contributed by atoms with Crippen LogP contribution in [-0.2, 0) is 24.1 Å². The number of likely N-dealkylation sites (N-methyl/N-ethyl adjacent to an activating group) is 1. The normalized spacial score (nSPS) is 11.6. The van der Waals surface area contributed by atoms with Crippen molar-refractivity contribution in [1.82, 2.24) is 14.5 Å². The van der Waals surface area contributed by atoms with Crippen molar-refractivity contribution in [3.8, 4) is 5.75 Å². The molecule has 8 heteroatoms. The molecule has 0 radical (unpaired) electrons. The van der Waals surface area contributed by atoms with E-state index in [0.29, 0.717) is 5.75 Å². The predicted octanol–water partition coefficient (Wildman–Crippen LogP) is 3.72. The molecule has 0 N–H and O–H groups in total. The average Bonchev–Trinajstić information content (AvgIpc) is 3.01. The molecule has 1 amide bonds. The van der Waals surface area contributed by atoms with Crippen molar-refractivity contribution < 1.29 is 22.7 Å². The number of carbonyl (C=O) groups is 1. The lowest BCUT2D eigenvalue weighted by molar-refractivity contribution is -0.148. The van der Waals surface area contributed by atoms with E-state index in [1.165, 1.54) is 24.1 Å². The molecule has 1 heterocycles. The monoisotopic (exact) mass is 377 g/mol. The number of nitrogens with zero attached hydrogens (tertiary/aromatic N) is 3. The zero-order valence-electron chi connectivity index (χ0n) is 14.8. The lowest BCUT2D eigenvalue weighted by Crippen LogP contribution is -2.31. The van der Waals surface area contributed by atoms with E-state index >= 15 is 0 Å². The summed E-state index contributed by atoms with van der Waals surface area (Å²) in [5, 5.41) is 0. The van der Waals surface area contributed by atoms with Gasteiger partial charge in [0, 0.05) is 19.2 Å². The van der Waals surface area contributed by atoms with Crippen LogP contribution in [-0.4, -0.2) is 34.5 Å². The number of amides is 1. The maximum Gasteiger partial charge on any atom is 0.449 e. The molecule has 3 aromatic rings. The quantitative estimate of drug-likeness (QED) is 0.681. The van der Waals surface area contributed by atoms with E-state index in [0.717, 1.165) is 10.1 Å². The molecule has 27 heavy (non-hydrogen) atoms. The van der Waals surface area contributed by atoms with Gasteiger partial charge in [-0.15, -0.1) is 0 Å². The van der Waals surface area contributed by atoms with Gasteiger partial charge in [-0.05, 0) is 18.2 Å². The van der Waals surface area contributed by atoms with Gasteiger partial charge in [-0.25, -0.2) is 4.98 Å². The summed E-state index contributed by atoms with van der Waals surface area (Å²) in [6.45, 7) is -0.238. The highest BCUT2D eigenvalue weighted by atomic mass is 19.4. The maximum absolute atomic E-state index is 13.4. The minimum absolute atomic E-state index is 0.199. The summed E-state index contributed by atoms with van der Waals surface area (Å²) in [6.07, 6.45) is -4.65. The van der Waals surface area contributed by atoms with Crippen molar-refractivity contribution in [1.29, 1.82) is 0 Å². The molecule has 0 bridgehead atoms. The predicted molar refractivity (Wildman–Crippen MR) is 94.2 cm³/mol. The molecular formula is C19H18F3N3O2. The molecule has 0 unspecified atom stereocenters. The average molecular weight is 377 g/mol. The third-order valence-electron chi connectivity index (χ3n) is 4.23. The van der Waals surface area contributed by atoms with Crippen molar-refractivity contribution in [2.45, 2.75) is 19.3 Å².